The first-order valence-corrected chi connectivity index (χ1v) is 10.2. The van der Waals surface area contributed by atoms with Gasteiger partial charge in [-0.3, -0.25) is 0 Å². The number of carbonyl (C=O) groups excluding carboxylic acids is 1. The van der Waals surface area contributed by atoms with Gasteiger partial charge in [-0.15, -0.1) is 0 Å². The predicted molar refractivity (Wildman–Crippen MR) is 118 cm³/mol. The van der Waals surface area contributed by atoms with E-state index in [2.05, 4.69) is 15.0 Å². The lowest BCUT2D eigenvalue weighted by atomic mass is 9.96. The Kier molecular flexibility index (Phi) is 5.90. The summed E-state index contributed by atoms with van der Waals surface area (Å²) in [7, 11) is 0. The van der Waals surface area contributed by atoms with E-state index in [0.717, 1.165) is 27.9 Å². The summed E-state index contributed by atoms with van der Waals surface area (Å²) in [5.74, 6) is -0.711. The molecule has 0 saturated carbocycles. The van der Waals surface area contributed by atoms with Crippen LogP contribution < -0.4 is 4.74 Å². The Hall–Kier alpha value is -3.74. The summed E-state index contributed by atoms with van der Waals surface area (Å²) >= 11 is 0. The molecule has 164 valence electrons. The highest BCUT2D eigenvalue weighted by atomic mass is 19.1. The maximum atomic E-state index is 15.0. The van der Waals surface area contributed by atoms with E-state index in [1.807, 2.05) is 38.1 Å². The third-order valence-corrected chi connectivity index (χ3v) is 5.42. The fourth-order valence-corrected chi connectivity index (χ4v) is 3.70. The van der Waals surface area contributed by atoms with Gasteiger partial charge in [0.25, 0.3) is 0 Å². The molecule has 0 aliphatic carbocycles. The van der Waals surface area contributed by atoms with E-state index in [9.17, 15) is 9.90 Å². The average molecular weight is 434 g/mol. The number of benzene rings is 2. The Labute approximate surface area is 185 Å². The minimum atomic E-state index is -0.464. The minimum Gasteiger partial charge on any atom is -0.506 e. The van der Waals surface area contributed by atoms with Gasteiger partial charge < -0.3 is 14.7 Å². The number of carbonyl (C=O) groups is 1. The normalized spacial score (nSPS) is 13.1. The molecule has 0 amide bonds. The lowest BCUT2D eigenvalue weighted by Gasteiger charge is -2.15. The zero-order valence-electron chi connectivity index (χ0n) is 18.1. The van der Waals surface area contributed by atoms with Gasteiger partial charge in [0, 0.05) is 17.7 Å². The van der Waals surface area contributed by atoms with Crippen molar-refractivity contribution in [2.45, 2.75) is 33.6 Å². The molecule has 0 radical (unpaired) electrons. The standard InChI is InChI=1S/C25H23FN2O4/c1-14-5-4-6-17(9-14)25-21(29)8-7-18(27-25)11-20-15(2)10-22(24(26)16(20)3)31-13-19-12-23(30)32-28-19/h4-10,29H,11-13H2,1-3H3. The van der Waals surface area contributed by atoms with E-state index in [1.165, 1.54) is 0 Å². The number of aromatic nitrogens is 1. The van der Waals surface area contributed by atoms with Crippen molar-refractivity contribution in [2.75, 3.05) is 6.61 Å². The smallest absolute Gasteiger partial charge is 0.340 e. The number of aryl methyl sites for hydroxylation is 2. The SMILES string of the molecule is Cc1cccc(-c2nc(Cc3c(C)cc(OCC4=NOC(=O)C4)c(F)c3C)ccc2O)c1. The second-order valence-corrected chi connectivity index (χ2v) is 7.91. The van der Waals surface area contributed by atoms with Crippen molar-refractivity contribution in [1.82, 2.24) is 4.98 Å². The summed E-state index contributed by atoms with van der Waals surface area (Å²) in [6.07, 6.45) is 0.455. The van der Waals surface area contributed by atoms with Crippen LogP contribution in [0.2, 0.25) is 0 Å². The average Bonchev–Trinajstić information content (AvgIpc) is 3.19. The summed E-state index contributed by atoms with van der Waals surface area (Å²) in [5, 5.41) is 13.9. The fourth-order valence-electron chi connectivity index (χ4n) is 3.70. The number of rotatable bonds is 6. The molecule has 1 N–H and O–H groups in total. The van der Waals surface area contributed by atoms with Crippen LogP contribution in [0.1, 0.15) is 34.4 Å². The van der Waals surface area contributed by atoms with Gasteiger partial charge in [0.05, 0.1) is 6.42 Å². The second kappa shape index (κ2) is 8.78. The molecule has 2 heterocycles. The molecule has 4 rings (SSSR count). The lowest BCUT2D eigenvalue weighted by molar-refractivity contribution is -0.140. The van der Waals surface area contributed by atoms with Crippen molar-refractivity contribution in [3.8, 4) is 22.8 Å². The molecule has 0 saturated heterocycles. The van der Waals surface area contributed by atoms with E-state index >= 15 is 4.39 Å². The third-order valence-electron chi connectivity index (χ3n) is 5.42. The number of hydrogen-bond acceptors (Lipinski definition) is 6. The molecule has 0 atom stereocenters. The van der Waals surface area contributed by atoms with Gasteiger partial charge in [0.15, 0.2) is 11.6 Å². The zero-order valence-corrected chi connectivity index (χ0v) is 18.1. The van der Waals surface area contributed by atoms with Crippen molar-refractivity contribution in [1.29, 1.82) is 0 Å². The molecule has 1 aromatic heterocycles. The van der Waals surface area contributed by atoms with Crippen LogP contribution in [0.3, 0.4) is 0 Å². The van der Waals surface area contributed by atoms with Crippen molar-refractivity contribution in [3.63, 3.8) is 0 Å². The van der Waals surface area contributed by atoms with Gasteiger partial charge in [-0.05, 0) is 61.7 Å². The van der Waals surface area contributed by atoms with Gasteiger partial charge in [0.2, 0.25) is 0 Å². The molecule has 6 nitrogen and oxygen atoms in total. The maximum Gasteiger partial charge on any atom is 0.340 e. The predicted octanol–water partition coefficient (Wildman–Crippen LogP) is 4.79. The number of oxime groups is 1. The van der Waals surface area contributed by atoms with Gasteiger partial charge >= 0.3 is 5.97 Å². The Morgan fingerprint density at radius 1 is 1.16 bits per heavy atom. The Bertz CT molecular complexity index is 1240. The van der Waals surface area contributed by atoms with Gasteiger partial charge in [0.1, 0.15) is 23.8 Å². The van der Waals surface area contributed by atoms with Crippen LogP contribution in [0.5, 0.6) is 11.5 Å². The number of halogens is 1. The molecule has 0 bridgehead atoms. The molecular formula is C25H23FN2O4. The van der Waals surface area contributed by atoms with Crippen LogP contribution in [-0.2, 0) is 16.1 Å². The zero-order chi connectivity index (χ0) is 22.8. The highest BCUT2D eigenvalue weighted by molar-refractivity contribution is 6.02. The van der Waals surface area contributed by atoms with E-state index in [-0.39, 0.29) is 24.5 Å². The lowest BCUT2D eigenvalue weighted by Crippen LogP contribution is -2.12. The highest BCUT2D eigenvalue weighted by Gasteiger charge is 2.20. The number of ether oxygens (including phenoxy) is 1. The first kappa shape index (κ1) is 21.5. The molecule has 32 heavy (non-hydrogen) atoms. The third kappa shape index (κ3) is 4.46. The van der Waals surface area contributed by atoms with Crippen LogP contribution in [0.25, 0.3) is 11.3 Å². The van der Waals surface area contributed by atoms with Gasteiger partial charge in [-0.25, -0.2) is 14.2 Å². The first-order chi connectivity index (χ1) is 15.3. The summed E-state index contributed by atoms with van der Waals surface area (Å²) in [6, 6.07) is 12.7. The largest absolute Gasteiger partial charge is 0.506 e. The molecule has 1 aliphatic rings. The van der Waals surface area contributed by atoms with Crippen molar-refractivity contribution in [2.24, 2.45) is 5.16 Å². The first-order valence-electron chi connectivity index (χ1n) is 10.2. The van der Waals surface area contributed by atoms with Gasteiger partial charge in [-0.2, -0.15) is 0 Å². The molecule has 7 heteroatoms. The van der Waals surface area contributed by atoms with Crippen LogP contribution in [-0.4, -0.2) is 28.4 Å². The maximum absolute atomic E-state index is 15.0. The molecule has 0 unspecified atom stereocenters. The van der Waals surface area contributed by atoms with E-state index in [1.54, 1.807) is 25.1 Å². The number of nitrogens with zero attached hydrogens (tertiary/aromatic N) is 2. The summed E-state index contributed by atoms with van der Waals surface area (Å²) in [5.41, 5.74) is 5.65. The number of pyridine rings is 1. The highest BCUT2D eigenvalue weighted by Crippen LogP contribution is 2.31. The van der Waals surface area contributed by atoms with E-state index in [0.29, 0.717) is 23.4 Å². The minimum absolute atomic E-state index is 0.0136. The number of hydrogen-bond donors (Lipinski definition) is 1. The topological polar surface area (TPSA) is 81.0 Å². The van der Waals surface area contributed by atoms with Crippen LogP contribution in [0, 0.1) is 26.6 Å². The monoisotopic (exact) mass is 434 g/mol. The molecule has 1 aliphatic heterocycles. The molecule has 2 aromatic carbocycles. The molecule has 3 aromatic rings. The van der Waals surface area contributed by atoms with E-state index in [4.69, 9.17) is 4.74 Å². The fraction of sp³-hybridized carbons (Fsp3) is 0.240. The number of aromatic hydroxyl groups is 1. The van der Waals surface area contributed by atoms with Crippen molar-refractivity contribution < 1.29 is 23.9 Å². The van der Waals surface area contributed by atoms with Crippen LogP contribution in [0.4, 0.5) is 4.39 Å². The summed E-state index contributed by atoms with van der Waals surface area (Å²) in [4.78, 5) is 20.3. The Morgan fingerprint density at radius 2 is 1.97 bits per heavy atom. The van der Waals surface area contributed by atoms with Crippen molar-refractivity contribution >= 4 is 11.7 Å². The van der Waals surface area contributed by atoms with E-state index < -0.39 is 11.8 Å². The van der Waals surface area contributed by atoms with Crippen LogP contribution >= 0.6 is 0 Å². The van der Waals surface area contributed by atoms with Crippen molar-refractivity contribution in [3.05, 3.63) is 76.2 Å². The van der Waals surface area contributed by atoms with Crippen LogP contribution in [0.15, 0.2) is 47.6 Å². The van der Waals surface area contributed by atoms with Gasteiger partial charge in [-0.1, -0.05) is 28.9 Å². The summed E-state index contributed by atoms with van der Waals surface area (Å²) < 4.78 is 20.6. The second-order valence-electron chi connectivity index (χ2n) is 7.91. The molecular weight excluding hydrogens is 411 g/mol. The quantitative estimate of drug-likeness (QED) is 0.564. The molecule has 0 spiro atoms. The Morgan fingerprint density at radius 3 is 2.69 bits per heavy atom. The summed E-state index contributed by atoms with van der Waals surface area (Å²) in [6.45, 7) is 5.55. The Balaban J connectivity index is 1.59. The molecule has 0 fully saturated rings.